The molecule has 5 heterocycles. The first kappa shape index (κ1) is 22.9. The number of hydrogen-bond acceptors (Lipinski definition) is 8. The number of carbonyl (C=O) groups excluding carboxylic acids is 2. The van der Waals surface area contributed by atoms with Crippen LogP contribution in [0.1, 0.15) is 41.6 Å². The first-order valence-electron chi connectivity index (χ1n) is 12.9. The predicted octanol–water partition coefficient (Wildman–Crippen LogP) is 4.92. The number of amides is 1. The van der Waals surface area contributed by atoms with E-state index in [0.717, 1.165) is 41.8 Å². The fraction of sp³-hybridized carbons (Fsp3) is 0.207. The van der Waals surface area contributed by atoms with Gasteiger partial charge in [0.05, 0.1) is 21.7 Å². The topological polar surface area (TPSA) is 105 Å². The highest BCUT2D eigenvalue weighted by atomic mass is 32.2. The number of nitrogens with zero attached hydrogens (tertiary/aromatic N) is 3. The van der Waals surface area contributed by atoms with E-state index in [2.05, 4.69) is 15.6 Å². The number of para-hydroxylation sites is 2. The molecule has 8 nitrogen and oxygen atoms in total. The predicted molar refractivity (Wildman–Crippen MR) is 154 cm³/mol. The molecule has 0 saturated carbocycles. The van der Waals surface area contributed by atoms with Crippen molar-refractivity contribution in [2.75, 3.05) is 10.6 Å². The molecule has 0 bridgehead atoms. The zero-order valence-corrected chi connectivity index (χ0v) is 22.5. The Balaban J connectivity index is 1.54. The van der Waals surface area contributed by atoms with E-state index in [1.807, 2.05) is 48.5 Å². The van der Waals surface area contributed by atoms with Gasteiger partial charge in [0.2, 0.25) is 5.91 Å². The number of hydrogen-bond donors (Lipinski definition) is 2. The second-order valence-corrected chi connectivity index (χ2v) is 12.3. The zero-order chi connectivity index (χ0) is 26.5. The minimum atomic E-state index is -1.57. The van der Waals surface area contributed by atoms with Crippen LogP contribution in [-0.4, -0.2) is 27.1 Å². The van der Waals surface area contributed by atoms with Crippen LogP contribution >= 0.6 is 23.1 Å². The number of fused-ring (bicyclic) bond motifs is 8. The van der Waals surface area contributed by atoms with Gasteiger partial charge in [0.25, 0.3) is 5.56 Å². The highest BCUT2D eigenvalue weighted by Gasteiger charge is 2.60. The molecule has 10 heteroatoms. The maximum absolute atomic E-state index is 14.2. The second-order valence-electron chi connectivity index (χ2n) is 10.1. The summed E-state index contributed by atoms with van der Waals surface area (Å²) in [6.07, 6.45) is 3.84. The number of rotatable bonds is 1. The van der Waals surface area contributed by atoms with Gasteiger partial charge in [-0.1, -0.05) is 42.1 Å². The Hall–Kier alpha value is -4.02. The van der Waals surface area contributed by atoms with E-state index in [1.165, 1.54) is 23.6 Å². The van der Waals surface area contributed by atoms with Gasteiger partial charge in [-0.25, -0.2) is 4.68 Å². The number of benzene rings is 2. The maximum atomic E-state index is 14.2. The highest BCUT2D eigenvalue weighted by Crippen LogP contribution is 2.55. The van der Waals surface area contributed by atoms with Crippen LogP contribution in [0.4, 0.5) is 11.4 Å². The second kappa shape index (κ2) is 8.00. The summed E-state index contributed by atoms with van der Waals surface area (Å²) < 4.78 is 1.64. The first-order valence-corrected chi connectivity index (χ1v) is 14.5. The van der Waals surface area contributed by atoms with E-state index in [1.54, 1.807) is 16.0 Å². The Labute approximate surface area is 230 Å². The number of aromatic nitrogens is 2. The van der Waals surface area contributed by atoms with Crippen molar-refractivity contribution < 1.29 is 9.59 Å². The molecule has 4 aromatic rings. The van der Waals surface area contributed by atoms with Gasteiger partial charge in [-0.3, -0.25) is 14.4 Å². The summed E-state index contributed by atoms with van der Waals surface area (Å²) in [6, 6.07) is 15.2. The molecule has 2 N–H and O–H groups in total. The quantitative estimate of drug-likeness (QED) is 0.348. The van der Waals surface area contributed by atoms with Crippen LogP contribution in [0.15, 0.2) is 68.4 Å². The van der Waals surface area contributed by atoms with Crippen LogP contribution in [-0.2, 0) is 27.8 Å². The van der Waals surface area contributed by atoms with E-state index in [4.69, 9.17) is 5.10 Å². The van der Waals surface area contributed by atoms with Crippen LogP contribution in [0, 0.1) is 0 Å². The van der Waals surface area contributed by atoms with Crippen LogP contribution in [0.5, 0.6) is 0 Å². The maximum Gasteiger partial charge on any atom is 0.282 e. The smallest absolute Gasteiger partial charge is 0.282 e. The number of carbonyl (C=O) groups is 2. The molecule has 2 aromatic heterocycles. The Morgan fingerprint density at radius 3 is 2.59 bits per heavy atom. The summed E-state index contributed by atoms with van der Waals surface area (Å²) in [7, 11) is 0. The Bertz CT molecular complexity index is 1910. The number of nitrogens with one attached hydrogen (secondary N) is 2. The average molecular weight is 552 g/mol. The molecule has 39 heavy (non-hydrogen) atoms. The highest BCUT2D eigenvalue weighted by molar-refractivity contribution is 8.04. The van der Waals surface area contributed by atoms with Gasteiger partial charge >= 0.3 is 0 Å². The molecule has 4 aliphatic rings. The van der Waals surface area contributed by atoms with Crippen molar-refractivity contribution in [3.05, 3.63) is 85.7 Å². The minimum absolute atomic E-state index is 0.108. The summed E-state index contributed by atoms with van der Waals surface area (Å²) >= 11 is 3.01. The molecule has 192 valence electrons. The average Bonchev–Trinajstić information content (AvgIpc) is 3.61. The molecule has 2 aromatic carbocycles. The monoisotopic (exact) mass is 551 g/mol. The fourth-order valence-corrected chi connectivity index (χ4v) is 8.75. The lowest BCUT2D eigenvalue weighted by atomic mass is 9.69. The molecule has 8 rings (SSSR count). The lowest BCUT2D eigenvalue weighted by Crippen LogP contribution is -2.50. The first-order chi connectivity index (χ1) is 19.0. The van der Waals surface area contributed by atoms with Crippen molar-refractivity contribution in [3.8, 4) is 0 Å². The van der Waals surface area contributed by atoms with E-state index >= 15 is 0 Å². The molecular formula is C29H21N5O3S2. The number of Topliss-reactive ketones (excluding diaryl/α,β-unsaturated/α-hetero) is 1. The normalized spacial score (nSPS) is 22.6. The Morgan fingerprint density at radius 1 is 1.00 bits per heavy atom. The molecule has 1 amide bonds. The summed E-state index contributed by atoms with van der Waals surface area (Å²) in [6.45, 7) is 1.44. The zero-order valence-electron chi connectivity index (χ0n) is 20.8. The van der Waals surface area contributed by atoms with Crippen molar-refractivity contribution in [1.29, 1.82) is 0 Å². The number of anilines is 2. The Kier molecular flexibility index (Phi) is 4.70. The number of thioether (sulfide) groups is 1. The Morgan fingerprint density at radius 2 is 1.77 bits per heavy atom. The van der Waals surface area contributed by atoms with E-state index in [-0.39, 0.29) is 28.8 Å². The lowest BCUT2D eigenvalue weighted by Gasteiger charge is -2.35. The van der Waals surface area contributed by atoms with E-state index in [0.29, 0.717) is 32.1 Å². The van der Waals surface area contributed by atoms with Crippen LogP contribution in [0.2, 0.25) is 0 Å². The number of thiophene rings is 1. The molecule has 1 atom stereocenters. The van der Waals surface area contributed by atoms with Crippen molar-refractivity contribution >= 4 is 67.7 Å². The third kappa shape index (κ3) is 2.93. The van der Waals surface area contributed by atoms with E-state index in [9.17, 15) is 14.4 Å². The number of aryl methyl sites for hydroxylation is 2. The van der Waals surface area contributed by atoms with E-state index < -0.39 is 5.41 Å². The summed E-state index contributed by atoms with van der Waals surface area (Å²) in [5, 5.41) is 12.6. The van der Waals surface area contributed by atoms with Crippen LogP contribution in [0.3, 0.4) is 0 Å². The van der Waals surface area contributed by atoms with Gasteiger partial charge in [-0.2, -0.15) is 10.1 Å². The summed E-state index contributed by atoms with van der Waals surface area (Å²) in [5.41, 5.74) is 1.86. The molecule has 1 aliphatic carbocycles. The molecule has 0 saturated heterocycles. The standard InChI is InChI=1S/C29H21N5O3S2/c1-14(35)23-29(16-9-3-4-10-17(16)31-28(29)37)22(26-30-18-11-5-7-13-20(18)38-26)24-32-25(36)21-15-8-2-6-12-19(15)39-27(21)34(24)33-23/h3-5,7,9-11,13,30H,2,6,8,12H2,1H3,(H,31,37)/b26-22+. The lowest BCUT2D eigenvalue weighted by molar-refractivity contribution is -0.118. The minimum Gasteiger partial charge on any atom is -0.349 e. The number of ketones is 1. The fourth-order valence-electron chi connectivity index (χ4n) is 6.31. The van der Waals surface area contributed by atoms with Crippen LogP contribution < -0.4 is 16.2 Å². The van der Waals surface area contributed by atoms with Gasteiger partial charge < -0.3 is 10.6 Å². The van der Waals surface area contributed by atoms with Gasteiger partial charge in [-0.15, -0.1) is 11.3 Å². The van der Waals surface area contributed by atoms with Gasteiger partial charge in [0, 0.05) is 27.9 Å². The van der Waals surface area contributed by atoms with Gasteiger partial charge in [0.1, 0.15) is 10.5 Å². The SMILES string of the molecule is CC(=O)C1=Nn2c(nc(=O)c3c4c(sc32)CCCC4)/C(=C2/Nc3ccccc3S2)C12C(=O)Nc1ccccc12. The molecule has 1 unspecified atom stereocenters. The summed E-state index contributed by atoms with van der Waals surface area (Å²) in [5.74, 6) is -0.422. The van der Waals surface area contributed by atoms with Crippen molar-refractivity contribution in [3.63, 3.8) is 0 Å². The molecule has 3 aliphatic heterocycles. The van der Waals surface area contributed by atoms with Crippen molar-refractivity contribution in [2.24, 2.45) is 5.10 Å². The molecule has 0 radical (unpaired) electrons. The van der Waals surface area contributed by atoms with Crippen LogP contribution in [0.25, 0.3) is 15.8 Å². The third-order valence-electron chi connectivity index (χ3n) is 7.95. The molecule has 1 spiro atoms. The largest absolute Gasteiger partial charge is 0.349 e. The molecule has 0 fully saturated rings. The third-order valence-corrected chi connectivity index (χ3v) is 10.3. The summed E-state index contributed by atoms with van der Waals surface area (Å²) in [4.78, 5) is 48.8. The van der Waals surface area contributed by atoms with Crippen molar-refractivity contribution in [1.82, 2.24) is 9.66 Å². The van der Waals surface area contributed by atoms with Crippen molar-refractivity contribution in [2.45, 2.75) is 42.9 Å². The van der Waals surface area contributed by atoms with Gasteiger partial charge in [-0.05, 0) is 49.4 Å². The van der Waals surface area contributed by atoms with Gasteiger partial charge in [0.15, 0.2) is 17.0 Å². The molecular weight excluding hydrogens is 530 g/mol.